The van der Waals surface area contributed by atoms with Gasteiger partial charge in [-0.15, -0.1) is 0 Å². The molecule has 1 aromatic carbocycles. The van der Waals surface area contributed by atoms with E-state index in [1.807, 2.05) is 12.1 Å². The third kappa shape index (κ3) is 2.11. The Balaban J connectivity index is 1.86. The number of benzene rings is 1. The molecule has 0 saturated carbocycles. The second-order valence-electron chi connectivity index (χ2n) is 4.31. The second kappa shape index (κ2) is 4.72. The van der Waals surface area contributed by atoms with E-state index in [4.69, 9.17) is 15.2 Å². The third-order valence-corrected chi connectivity index (χ3v) is 3.00. The van der Waals surface area contributed by atoms with Gasteiger partial charge in [-0.2, -0.15) is 5.10 Å². The topological polar surface area (TPSA) is 105 Å². The normalized spacial score (nSPS) is 13.2. The highest BCUT2D eigenvalue weighted by Gasteiger charge is 2.18. The van der Waals surface area contributed by atoms with Crippen molar-refractivity contribution in [3.05, 3.63) is 40.1 Å². The molecule has 1 aromatic heterocycles. The van der Waals surface area contributed by atoms with Crippen LogP contribution in [-0.4, -0.2) is 27.9 Å². The highest BCUT2D eigenvalue weighted by atomic mass is 16.6. The monoisotopic (exact) mass is 276 g/mol. The van der Waals surface area contributed by atoms with Gasteiger partial charge in [-0.05, 0) is 17.7 Å². The number of hydrogen-bond acceptors (Lipinski definition) is 6. The van der Waals surface area contributed by atoms with Crippen LogP contribution in [0.15, 0.2) is 24.4 Å². The molecule has 0 amide bonds. The van der Waals surface area contributed by atoms with E-state index in [1.165, 1.54) is 4.68 Å². The zero-order chi connectivity index (χ0) is 14.1. The Morgan fingerprint density at radius 2 is 2.10 bits per heavy atom. The lowest BCUT2D eigenvalue weighted by Gasteiger charge is -2.18. The van der Waals surface area contributed by atoms with Crippen molar-refractivity contribution < 1.29 is 14.4 Å². The molecule has 8 nitrogen and oxygen atoms in total. The summed E-state index contributed by atoms with van der Waals surface area (Å²) in [5, 5.41) is 14.6. The summed E-state index contributed by atoms with van der Waals surface area (Å²) in [5.41, 5.74) is 6.37. The van der Waals surface area contributed by atoms with Gasteiger partial charge in [-0.1, -0.05) is 6.07 Å². The van der Waals surface area contributed by atoms with Crippen molar-refractivity contribution in [2.75, 3.05) is 18.9 Å². The summed E-state index contributed by atoms with van der Waals surface area (Å²) in [6.45, 7) is 1.37. The number of rotatable bonds is 3. The zero-order valence-electron chi connectivity index (χ0n) is 10.5. The van der Waals surface area contributed by atoms with Crippen molar-refractivity contribution in [1.82, 2.24) is 9.78 Å². The minimum atomic E-state index is -0.553. The first-order valence-electron chi connectivity index (χ1n) is 5.99. The van der Waals surface area contributed by atoms with E-state index < -0.39 is 4.92 Å². The van der Waals surface area contributed by atoms with Gasteiger partial charge in [0.25, 0.3) is 0 Å². The molecule has 104 valence electrons. The summed E-state index contributed by atoms with van der Waals surface area (Å²) in [4.78, 5) is 10.2. The number of anilines is 1. The molecule has 0 radical (unpaired) electrons. The second-order valence-corrected chi connectivity index (χ2v) is 4.31. The number of nitrogen functional groups attached to an aromatic ring is 1. The average molecular weight is 276 g/mol. The maximum absolute atomic E-state index is 10.7. The van der Waals surface area contributed by atoms with Crippen molar-refractivity contribution in [3.8, 4) is 11.5 Å². The molecule has 0 aliphatic carbocycles. The van der Waals surface area contributed by atoms with Gasteiger partial charge in [0.15, 0.2) is 11.5 Å². The highest BCUT2D eigenvalue weighted by molar-refractivity contribution is 5.52. The van der Waals surface area contributed by atoms with Crippen LogP contribution in [0.5, 0.6) is 11.5 Å². The maximum atomic E-state index is 10.7. The molecular formula is C12H12N4O4. The molecule has 2 heterocycles. The smallest absolute Gasteiger partial charge is 0.330 e. The zero-order valence-corrected chi connectivity index (χ0v) is 10.5. The number of nitrogens with zero attached hydrogens (tertiary/aromatic N) is 3. The predicted octanol–water partition coefficient (Wildman–Crippen LogP) is 1.19. The fourth-order valence-electron chi connectivity index (χ4n) is 2.01. The van der Waals surface area contributed by atoms with Crippen LogP contribution >= 0.6 is 0 Å². The van der Waals surface area contributed by atoms with E-state index in [0.717, 1.165) is 11.8 Å². The molecule has 3 rings (SSSR count). The number of hydrogen-bond donors (Lipinski definition) is 1. The molecule has 2 N–H and O–H groups in total. The third-order valence-electron chi connectivity index (χ3n) is 3.00. The minimum absolute atomic E-state index is 0.0323. The van der Waals surface area contributed by atoms with Crippen molar-refractivity contribution in [2.45, 2.75) is 6.54 Å². The van der Waals surface area contributed by atoms with Gasteiger partial charge in [0.1, 0.15) is 19.4 Å². The average Bonchev–Trinajstić information content (AvgIpc) is 2.80. The molecule has 0 spiro atoms. The quantitative estimate of drug-likeness (QED) is 0.666. The van der Waals surface area contributed by atoms with E-state index in [-0.39, 0.29) is 11.5 Å². The molecular weight excluding hydrogens is 264 g/mol. The number of fused-ring (bicyclic) bond motifs is 1. The van der Waals surface area contributed by atoms with Crippen LogP contribution in [0.4, 0.5) is 11.5 Å². The fourth-order valence-corrected chi connectivity index (χ4v) is 2.01. The Kier molecular flexibility index (Phi) is 2.90. The van der Waals surface area contributed by atoms with Crippen LogP contribution in [0.1, 0.15) is 5.56 Å². The summed E-state index contributed by atoms with van der Waals surface area (Å²) in [6.07, 6.45) is 1.15. The Labute approximate surface area is 113 Å². The Bertz CT molecular complexity index is 667. The van der Waals surface area contributed by atoms with Crippen molar-refractivity contribution in [3.63, 3.8) is 0 Å². The molecule has 0 saturated heterocycles. The largest absolute Gasteiger partial charge is 0.486 e. The van der Waals surface area contributed by atoms with E-state index in [1.54, 1.807) is 6.07 Å². The standard InChI is InChI=1S/C12H12N4O4/c13-12-9(16(17)18)6-14-15(12)7-8-1-2-10-11(5-8)20-4-3-19-10/h1-2,5-6H,3-4,7,13H2. The first kappa shape index (κ1) is 12.3. The van der Waals surface area contributed by atoms with Gasteiger partial charge >= 0.3 is 5.69 Å². The molecule has 20 heavy (non-hydrogen) atoms. The Morgan fingerprint density at radius 3 is 2.80 bits per heavy atom. The van der Waals surface area contributed by atoms with Gasteiger partial charge in [-0.25, -0.2) is 4.68 Å². The van der Waals surface area contributed by atoms with Crippen LogP contribution < -0.4 is 15.2 Å². The SMILES string of the molecule is Nc1c([N+](=O)[O-])cnn1Cc1ccc2c(c1)OCCO2. The van der Waals surface area contributed by atoms with Crippen LogP contribution in [-0.2, 0) is 6.54 Å². The van der Waals surface area contributed by atoms with Gasteiger partial charge in [0.05, 0.1) is 11.5 Å². The molecule has 8 heteroatoms. The molecule has 2 aromatic rings. The summed E-state index contributed by atoms with van der Waals surface area (Å²) >= 11 is 0. The number of nitro groups is 1. The lowest BCUT2D eigenvalue weighted by Crippen LogP contribution is -2.15. The first-order valence-corrected chi connectivity index (χ1v) is 5.99. The molecule has 0 unspecified atom stereocenters. The van der Waals surface area contributed by atoms with E-state index >= 15 is 0 Å². The molecule has 0 atom stereocenters. The van der Waals surface area contributed by atoms with Crippen molar-refractivity contribution >= 4 is 11.5 Å². The molecule has 0 fully saturated rings. The van der Waals surface area contributed by atoms with Crippen LogP contribution in [0.3, 0.4) is 0 Å². The summed E-state index contributed by atoms with van der Waals surface area (Å²) in [5.74, 6) is 1.39. The van der Waals surface area contributed by atoms with Crippen molar-refractivity contribution in [2.24, 2.45) is 0 Å². The molecule has 1 aliphatic heterocycles. The number of aromatic nitrogens is 2. The van der Waals surface area contributed by atoms with E-state index in [0.29, 0.717) is 31.3 Å². The minimum Gasteiger partial charge on any atom is -0.486 e. The summed E-state index contributed by atoms with van der Waals surface area (Å²) in [7, 11) is 0. The predicted molar refractivity (Wildman–Crippen MR) is 69.8 cm³/mol. The number of nitrogens with two attached hydrogens (primary N) is 1. The van der Waals surface area contributed by atoms with E-state index in [9.17, 15) is 10.1 Å². The van der Waals surface area contributed by atoms with Crippen LogP contribution in [0, 0.1) is 10.1 Å². The lowest BCUT2D eigenvalue weighted by molar-refractivity contribution is -0.384. The lowest BCUT2D eigenvalue weighted by atomic mass is 10.2. The highest BCUT2D eigenvalue weighted by Crippen LogP contribution is 2.31. The number of ether oxygens (including phenoxy) is 2. The molecule has 0 bridgehead atoms. The van der Waals surface area contributed by atoms with Crippen LogP contribution in [0.25, 0.3) is 0 Å². The molecule has 1 aliphatic rings. The van der Waals surface area contributed by atoms with Gasteiger partial charge < -0.3 is 15.2 Å². The maximum Gasteiger partial charge on any atom is 0.330 e. The Hall–Kier alpha value is -2.77. The first-order chi connectivity index (χ1) is 9.65. The van der Waals surface area contributed by atoms with Crippen LogP contribution in [0.2, 0.25) is 0 Å². The van der Waals surface area contributed by atoms with Gasteiger partial charge in [0.2, 0.25) is 5.82 Å². The summed E-state index contributed by atoms with van der Waals surface area (Å²) < 4.78 is 12.3. The fraction of sp³-hybridized carbons (Fsp3) is 0.250. The van der Waals surface area contributed by atoms with Gasteiger partial charge in [0, 0.05) is 0 Å². The van der Waals surface area contributed by atoms with Gasteiger partial charge in [-0.3, -0.25) is 10.1 Å². The van der Waals surface area contributed by atoms with E-state index in [2.05, 4.69) is 5.10 Å². The summed E-state index contributed by atoms with van der Waals surface area (Å²) in [6, 6.07) is 5.47. The van der Waals surface area contributed by atoms with Crippen molar-refractivity contribution in [1.29, 1.82) is 0 Å². The Morgan fingerprint density at radius 1 is 1.35 bits per heavy atom.